The van der Waals surface area contributed by atoms with E-state index in [0.717, 1.165) is 11.1 Å². The number of rotatable bonds is 5. The van der Waals surface area contributed by atoms with E-state index in [1.54, 1.807) is 11.0 Å². The van der Waals surface area contributed by atoms with Crippen LogP contribution in [0.25, 0.3) is 0 Å². The summed E-state index contributed by atoms with van der Waals surface area (Å²) in [6, 6.07) is 13.5. The molecule has 1 aliphatic rings. The Balaban J connectivity index is 1.71. The summed E-state index contributed by atoms with van der Waals surface area (Å²) in [5, 5.41) is 0.356. The molecule has 2 heterocycles. The van der Waals surface area contributed by atoms with Crippen LogP contribution < -0.4 is 0 Å². The summed E-state index contributed by atoms with van der Waals surface area (Å²) in [5.74, 6) is 0. The van der Waals surface area contributed by atoms with Gasteiger partial charge < -0.3 is 19.1 Å². The van der Waals surface area contributed by atoms with Crippen LogP contribution in [0.1, 0.15) is 38.0 Å². The lowest BCUT2D eigenvalue weighted by atomic mass is 10.1. The number of morpholine rings is 1. The molecular weight excluding hydrogens is 472 g/mol. The predicted octanol–water partition coefficient (Wildman–Crippen LogP) is 5.39. The molecule has 1 aromatic heterocycles. The van der Waals surface area contributed by atoms with Crippen molar-refractivity contribution in [2.24, 2.45) is 0 Å². The Morgan fingerprint density at radius 2 is 2.00 bits per heavy atom. The molecule has 2 unspecified atom stereocenters. The summed E-state index contributed by atoms with van der Waals surface area (Å²) < 4.78 is 18.3. The minimum Gasteiger partial charge on any atom is -0.444 e. The number of aromatic nitrogens is 1. The van der Waals surface area contributed by atoms with Crippen molar-refractivity contribution in [3.8, 4) is 0 Å². The van der Waals surface area contributed by atoms with Crippen molar-refractivity contribution < 1.29 is 19.0 Å². The molecule has 3 rings (SSSR count). The van der Waals surface area contributed by atoms with Gasteiger partial charge in [-0.25, -0.2) is 9.78 Å². The molecule has 0 aliphatic carbocycles. The van der Waals surface area contributed by atoms with Gasteiger partial charge in [0.05, 0.1) is 32.4 Å². The van der Waals surface area contributed by atoms with E-state index in [4.69, 9.17) is 25.8 Å². The number of hydrogen-bond donors (Lipinski definition) is 0. The van der Waals surface area contributed by atoms with Gasteiger partial charge in [0.1, 0.15) is 21.5 Å². The lowest BCUT2D eigenvalue weighted by Gasteiger charge is -2.38. The Hall–Kier alpha value is -1.67. The summed E-state index contributed by atoms with van der Waals surface area (Å²) in [6.07, 6.45) is -1.04. The molecule has 1 fully saturated rings. The van der Waals surface area contributed by atoms with E-state index in [0.29, 0.717) is 36.1 Å². The third-order valence-electron chi connectivity index (χ3n) is 4.39. The van der Waals surface area contributed by atoms with E-state index in [9.17, 15) is 4.79 Å². The molecule has 6 nitrogen and oxygen atoms in total. The zero-order valence-corrected chi connectivity index (χ0v) is 19.6. The number of nitrogens with zero attached hydrogens (tertiary/aromatic N) is 2. The van der Waals surface area contributed by atoms with Gasteiger partial charge in [-0.15, -0.1) is 0 Å². The summed E-state index contributed by atoms with van der Waals surface area (Å²) in [6.45, 7) is 7.13. The van der Waals surface area contributed by atoms with Crippen LogP contribution in [0.15, 0.2) is 47.1 Å². The van der Waals surface area contributed by atoms with Gasteiger partial charge in [-0.1, -0.05) is 41.9 Å². The number of pyridine rings is 1. The Bertz CT molecular complexity index is 840. The van der Waals surface area contributed by atoms with Crippen LogP contribution in [0.3, 0.4) is 0 Å². The van der Waals surface area contributed by atoms with Gasteiger partial charge in [0.15, 0.2) is 0 Å². The third-order valence-corrected chi connectivity index (χ3v) is 4.99. The maximum atomic E-state index is 12.7. The van der Waals surface area contributed by atoms with E-state index in [2.05, 4.69) is 20.9 Å². The zero-order chi connectivity index (χ0) is 21.7. The maximum absolute atomic E-state index is 12.7. The summed E-state index contributed by atoms with van der Waals surface area (Å²) in [5.41, 5.74) is 1.34. The summed E-state index contributed by atoms with van der Waals surface area (Å²) in [7, 11) is 0. The van der Waals surface area contributed by atoms with Gasteiger partial charge in [-0.05, 0) is 60.0 Å². The average Bonchev–Trinajstić information content (AvgIpc) is 2.66. The molecule has 0 N–H and O–H groups in total. The molecule has 0 saturated carbocycles. The van der Waals surface area contributed by atoms with Crippen LogP contribution in [0.5, 0.6) is 0 Å². The highest BCUT2D eigenvalue weighted by molar-refractivity contribution is 9.10. The molecule has 30 heavy (non-hydrogen) atoms. The van der Waals surface area contributed by atoms with E-state index >= 15 is 0 Å². The van der Waals surface area contributed by atoms with Crippen LogP contribution in [0, 0.1) is 0 Å². The normalized spacial score (nSPS) is 19.6. The fourth-order valence-corrected chi connectivity index (χ4v) is 3.92. The molecule has 1 amide bonds. The number of amides is 1. The molecule has 2 atom stereocenters. The SMILES string of the molecule is CC(C)(C)OC(=O)N1CC(COCc2ccccc2)OC(c2cc(Cl)nc(Br)c2)C1. The largest absolute Gasteiger partial charge is 0.444 e. The van der Waals surface area contributed by atoms with Crippen LogP contribution in [-0.2, 0) is 20.8 Å². The van der Waals surface area contributed by atoms with Crippen LogP contribution in [0.4, 0.5) is 4.79 Å². The van der Waals surface area contributed by atoms with Crippen molar-refractivity contribution in [3.05, 3.63) is 63.3 Å². The lowest BCUT2D eigenvalue weighted by molar-refractivity contribution is -0.116. The van der Waals surface area contributed by atoms with E-state index in [1.807, 2.05) is 57.2 Å². The van der Waals surface area contributed by atoms with Crippen molar-refractivity contribution in [2.75, 3.05) is 19.7 Å². The molecule has 1 saturated heterocycles. The van der Waals surface area contributed by atoms with Gasteiger partial charge in [-0.2, -0.15) is 0 Å². The van der Waals surface area contributed by atoms with Gasteiger partial charge in [0.2, 0.25) is 0 Å². The minimum absolute atomic E-state index is 0.300. The molecule has 0 radical (unpaired) electrons. The molecule has 1 aromatic carbocycles. The number of carbonyl (C=O) groups is 1. The van der Waals surface area contributed by atoms with Gasteiger partial charge >= 0.3 is 6.09 Å². The first-order valence-corrected chi connectivity index (χ1v) is 10.9. The standard InChI is InChI=1S/C22H26BrClN2O4/c1-22(2,3)30-21(27)26-11-17(14-28-13-15-7-5-4-6-8-15)29-18(12-26)16-9-19(23)25-20(24)10-16/h4-10,17-18H,11-14H2,1-3H3. The highest BCUT2D eigenvalue weighted by Crippen LogP contribution is 2.29. The van der Waals surface area contributed by atoms with Gasteiger partial charge in [0.25, 0.3) is 0 Å². The molecule has 1 aliphatic heterocycles. The van der Waals surface area contributed by atoms with Crippen molar-refractivity contribution in [1.29, 1.82) is 0 Å². The van der Waals surface area contributed by atoms with Crippen LogP contribution in [0.2, 0.25) is 5.15 Å². The number of halogens is 2. The maximum Gasteiger partial charge on any atom is 0.410 e. The first-order valence-electron chi connectivity index (χ1n) is 9.77. The van der Waals surface area contributed by atoms with E-state index in [-0.39, 0.29) is 18.3 Å². The fourth-order valence-electron chi connectivity index (χ4n) is 3.14. The second-order valence-corrected chi connectivity index (χ2v) is 9.38. The number of ether oxygens (including phenoxy) is 3. The predicted molar refractivity (Wildman–Crippen MR) is 118 cm³/mol. The highest BCUT2D eigenvalue weighted by Gasteiger charge is 2.34. The Morgan fingerprint density at radius 1 is 1.27 bits per heavy atom. The van der Waals surface area contributed by atoms with Crippen molar-refractivity contribution in [1.82, 2.24) is 9.88 Å². The molecular formula is C22H26BrClN2O4. The summed E-state index contributed by atoms with van der Waals surface area (Å²) in [4.78, 5) is 18.5. The number of benzene rings is 1. The van der Waals surface area contributed by atoms with E-state index in [1.165, 1.54) is 0 Å². The number of carbonyl (C=O) groups excluding carboxylic acids is 1. The second kappa shape index (κ2) is 10.1. The van der Waals surface area contributed by atoms with Crippen LogP contribution in [-0.4, -0.2) is 47.4 Å². The molecule has 2 aromatic rings. The van der Waals surface area contributed by atoms with Crippen molar-refractivity contribution in [3.63, 3.8) is 0 Å². The minimum atomic E-state index is -0.576. The monoisotopic (exact) mass is 496 g/mol. The average molecular weight is 498 g/mol. The lowest BCUT2D eigenvalue weighted by Crippen LogP contribution is -2.49. The number of hydrogen-bond acceptors (Lipinski definition) is 5. The van der Waals surface area contributed by atoms with Crippen molar-refractivity contribution >= 4 is 33.6 Å². The zero-order valence-electron chi connectivity index (χ0n) is 17.3. The molecule has 0 bridgehead atoms. The van der Waals surface area contributed by atoms with Gasteiger partial charge in [-0.3, -0.25) is 0 Å². The van der Waals surface area contributed by atoms with Crippen molar-refractivity contribution in [2.45, 2.75) is 45.2 Å². The Kier molecular flexibility index (Phi) is 7.74. The van der Waals surface area contributed by atoms with Crippen LogP contribution >= 0.6 is 27.5 Å². The first-order chi connectivity index (χ1) is 14.2. The molecule has 0 spiro atoms. The Labute approximate surface area is 190 Å². The topological polar surface area (TPSA) is 60.9 Å². The van der Waals surface area contributed by atoms with E-state index < -0.39 is 5.60 Å². The fraction of sp³-hybridized carbons (Fsp3) is 0.455. The smallest absolute Gasteiger partial charge is 0.410 e. The first kappa shape index (κ1) is 23.0. The highest BCUT2D eigenvalue weighted by atomic mass is 79.9. The quantitative estimate of drug-likeness (QED) is 0.518. The summed E-state index contributed by atoms with van der Waals surface area (Å²) >= 11 is 9.48. The second-order valence-electron chi connectivity index (χ2n) is 8.18. The third kappa shape index (κ3) is 6.94. The molecule has 162 valence electrons. The van der Waals surface area contributed by atoms with Gasteiger partial charge in [0, 0.05) is 0 Å². The Morgan fingerprint density at radius 3 is 2.67 bits per heavy atom. The molecule has 8 heteroatoms.